The van der Waals surface area contributed by atoms with Gasteiger partial charge in [0.25, 0.3) is 0 Å². The van der Waals surface area contributed by atoms with Gasteiger partial charge in [0.1, 0.15) is 0 Å². The van der Waals surface area contributed by atoms with Crippen molar-refractivity contribution < 1.29 is 8.42 Å². The molecule has 0 bridgehead atoms. The zero-order chi connectivity index (χ0) is 10.8. The van der Waals surface area contributed by atoms with Gasteiger partial charge in [0.05, 0.1) is 10.1 Å². The summed E-state index contributed by atoms with van der Waals surface area (Å²) in [6.45, 7) is 3.70. The molecule has 0 fully saturated rings. The summed E-state index contributed by atoms with van der Waals surface area (Å²) in [6.07, 6.45) is 0. The molecule has 14 heavy (non-hydrogen) atoms. The SMILES string of the molecule is CC(C)S(=O)(=O)c1cccc(CN)c1. The van der Waals surface area contributed by atoms with Gasteiger partial charge in [0, 0.05) is 6.54 Å². The van der Waals surface area contributed by atoms with Crippen LogP contribution in [0.2, 0.25) is 0 Å². The highest BCUT2D eigenvalue weighted by Crippen LogP contribution is 2.16. The first-order chi connectivity index (χ1) is 6.48. The van der Waals surface area contributed by atoms with E-state index in [1.165, 1.54) is 0 Å². The molecule has 0 spiro atoms. The van der Waals surface area contributed by atoms with Crippen molar-refractivity contribution >= 4 is 9.84 Å². The Morgan fingerprint density at radius 3 is 2.50 bits per heavy atom. The average molecular weight is 213 g/mol. The van der Waals surface area contributed by atoms with Crippen LogP contribution in [0.4, 0.5) is 0 Å². The van der Waals surface area contributed by atoms with E-state index in [9.17, 15) is 8.42 Å². The Balaban J connectivity index is 3.20. The van der Waals surface area contributed by atoms with Gasteiger partial charge in [-0.3, -0.25) is 0 Å². The molecule has 4 heteroatoms. The summed E-state index contributed by atoms with van der Waals surface area (Å²) in [5.74, 6) is 0. The zero-order valence-electron chi connectivity index (χ0n) is 8.40. The summed E-state index contributed by atoms with van der Waals surface area (Å²) in [5, 5.41) is -0.393. The predicted molar refractivity (Wildman–Crippen MR) is 56.7 cm³/mol. The van der Waals surface area contributed by atoms with Crippen molar-refractivity contribution in [1.29, 1.82) is 0 Å². The standard InChI is InChI=1S/C10H15NO2S/c1-8(2)14(12,13)10-5-3-4-9(6-10)7-11/h3-6,8H,7,11H2,1-2H3. The molecule has 0 saturated carbocycles. The lowest BCUT2D eigenvalue weighted by Gasteiger charge is -2.08. The zero-order valence-corrected chi connectivity index (χ0v) is 9.21. The third-order valence-electron chi connectivity index (χ3n) is 2.08. The normalized spacial score (nSPS) is 12.0. The fraction of sp³-hybridized carbons (Fsp3) is 0.400. The van der Waals surface area contributed by atoms with Crippen LogP contribution in [0.1, 0.15) is 19.4 Å². The summed E-state index contributed by atoms with van der Waals surface area (Å²) >= 11 is 0. The van der Waals surface area contributed by atoms with E-state index in [-0.39, 0.29) is 0 Å². The third kappa shape index (κ3) is 2.13. The topological polar surface area (TPSA) is 60.2 Å². The number of benzene rings is 1. The highest BCUT2D eigenvalue weighted by molar-refractivity contribution is 7.92. The molecule has 1 aromatic carbocycles. The summed E-state index contributed by atoms with van der Waals surface area (Å²) in [5.41, 5.74) is 6.28. The fourth-order valence-electron chi connectivity index (χ4n) is 1.12. The van der Waals surface area contributed by atoms with Crippen LogP contribution in [-0.4, -0.2) is 13.7 Å². The van der Waals surface area contributed by atoms with Gasteiger partial charge >= 0.3 is 0 Å². The molecule has 0 unspecified atom stereocenters. The van der Waals surface area contributed by atoms with Crippen molar-refractivity contribution in [3.63, 3.8) is 0 Å². The van der Waals surface area contributed by atoms with Gasteiger partial charge in [-0.15, -0.1) is 0 Å². The average Bonchev–Trinajstić information content (AvgIpc) is 2.17. The van der Waals surface area contributed by atoms with E-state index >= 15 is 0 Å². The van der Waals surface area contributed by atoms with Gasteiger partial charge in [-0.2, -0.15) is 0 Å². The molecule has 0 aliphatic carbocycles. The molecule has 0 aliphatic heterocycles. The van der Waals surface area contributed by atoms with Crippen LogP contribution in [0.3, 0.4) is 0 Å². The molecule has 3 nitrogen and oxygen atoms in total. The van der Waals surface area contributed by atoms with Gasteiger partial charge in [-0.25, -0.2) is 8.42 Å². The van der Waals surface area contributed by atoms with Crippen molar-refractivity contribution in [2.45, 2.75) is 30.5 Å². The summed E-state index contributed by atoms with van der Waals surface area (Å²) in [6, 6.07) is 6.78. The maximum absolute atomic E-state index is 11.8. The summed E-state index contributed by atoms with van der Waals surface area (Å²) in [7, 11) is -3.17. The minimum atomic E-state index is -3.17. The lowest BCUT2D eigenvalue weighted by Crippen LogP contribution is -2.14. The first-order valence-corrected chi connectivity index (χ1v) is 6.06. The van der Waals surface area contributed by atoms with Gasteiger partial charge in [0.2, 0.25) is 0 Å². The molecule has 1 aromatic rings. The largest absolute Gasteiger partial charge is 0.326 e. The molecule has 0 atom stereocenters. The Labute approximate surface area is 84.9 Å². The molecule has 1 rings (SSSR count). The van der Waals surface area contributed by atoms with Crippen LogP contribution in [0.25, 0.3) is 0 Å². The lowest BCUT2D eigenvalue weighted by molar-refractivity contribution is 0.587. The second-order valence-electron chi connectivity index (χ2n) is 3.45. The fourth-order valence-corrected chi connectivity index (χ4v) is 2.25. The third-order valence-corrected chi connectivity index (χ3v) is 4.24. The van der Waals surface area contributed by atoms with Gasteiger partial charge in [0.15, 0.2) is 9.84 Å². The minimum absolute atomic E-state index is 0.357. The number of hydrogen-bond donors (Lipinski definition) is 1. The maximum atomic E-state index is 11.8. The molecule has 78 valence electrons. The van der Waals surface area contributed by atoms with E-state index < -0.39 is 15.1 Å². The first-order valence-electron chi connectivity index (χ1n) is 4.51. The van der Waals surface area contributed by atoms with Crippen molar-refractivity contribution in [3.8, 4) is 0 Å². The molecule has 0 amide bonds. The Bertz CT molecular complexity index is 410. The smallest absolute Gasteiger partial charge is 0.180 e. The second kappa shape index (κ2) is 4.11. The molecule has 0 aromatic heterocycles. The van der Waals surface area contributed by atoms with Crippen molar-refractivity contribution in [1.82, 2.24) is 0 Å². The number of sulfone groups is 1. The molecule has 0 heterocycles. The van der Waals surface area contributed by atoms with Crippen LogP contribution in [-0.2, 0) is 16.4 Å². The highest BCUT2D eigenvalue weighted by atomic mass is 32.2. The van der Waals surface area contributed by atoms with E-state index in [0.29, 0.717) is 11.4 Å². The minimum Gasteiger partial charge on any atom is -0.326 e. The Kier molecular flexibility index (Phi) is 3.29. The van der Waals surface area contributed by atoms with E-state index in [1.54, 1.807) is 32.0 Å². The van der Waals surface area contributed by atoms with Crippen LogP contribution in [0.5, 0.6) is 0 Å². The Morgan fingerprint density at radius 2 is 2.00 bits per heavy atom. The lowest BCUT2D eigenvalue weighted by atomic mass is 10.2. The molecule has 0 saturated heterocycles. The second-order valence-corrected chi connectivity index (χ2v) is 5.95. The van der Waals surface area contributed by atoms with Crippen molar-refractivity contribution in [2.24, 2.45) is 5.73 Å². The van der Waals surface area contributed by atoms with Crippen LogP contribution >= 0.6 is 0 Å². The van der Waals surface area contributed by atoms with Gasteiger partial charge in [-0.05, 0) is 31.5 Å². The Morgan fingerprint density at radius 1 is 1.36 bits per heavy atom. The van der Waals surface area contributed by atoms with Crippen LogP contribution < -0.4 is 5.73 Å². The van der Waals surface area contributed by atoms with E-state index in [4.69, 9.17) is 5.73 Å². The number of hydrogen-bond acceptors (Lipinski definition) is 3. The van der Waals surface area contributed by atoms with Gasteiger partial charge in [-0.1, -0.05) is 12.1 Å². The van der Waals surface area contributed by atoms with Crippen molar-refractivity contribution in [2.75, 3.05) is 0 Å². The molecule has 0 aliphatic rings. The van der Waals surface area contributed by atoms with E-state index in [0.717, 1.165) is 5.56 Å². The van der Waals surface area contributed by atoms with E-state index in [2.05, 4.69) is 0 Å². The van der Waals surface area contributed by atoms with E-state index in [1.807, 2.05) is 6.07 Å². The summed E-state index contributed by atoms with van der Waals surface area (Å²) < 4.78 is 23.5. The monoisotopic (exact) mass is 213 g/mol. The summed E-state index contributed by atoms with van der Waals surface area (Å²) in [4.78, 5) is 0.357. The maximum Gasteiger partial charge on any atom is 0.180 e. The highest BCUT2D eigenvalue weighted by Gasteiger charge is 2.18. The molecule has 0 radical (unpaired) electrons. The molecular formula is C10H15NO2S. The molecule has 2 N–H and O–H groups in total. The number of nitrogens with two attached hydrogens (primary N) is 1. The quantitative estimate of drug-likeness (QED) is 0.824. The Hall–Kier alpha value is -0.870. The van der Waals surface area contributed by atoms with Gasteiger partial charge < -0.3 is 5.73 Å². The molecular weight excluding hydrogens is 198 g/mol. The van der Waals surface area contributed by atoms with Crippen LogP contribution in [0, 0.1) is 0 Å². The van der Waals surface area contributed by atoms with Crippen molar-refractivity contribution in [3.05, 3.63) is 29.8 Å². The first kappa shape index (κ1) is 11.2. The predicted octanol–water partition coefficient (Wildman–Crippen LogP) is 1.33. The number of rotatable bonds is 3. The van der Waals surface area contributed by atoms with Crippen LogP contribution in [0.15, 0.2) is 29.2 Å².